The Hall–Kier alpha value is -2.83. The van der Waals surface area contributed by atoms with Crippen LogP contribution in [0.1, 0.15) is 11.3 Å². The summed E-state index contributed by atoms with van der Waals surface area (Å²) in [6.45, 7) is -0.108. The van der Waals surface area contributed by atoms with E-state index >= 15 is 0 Å². The van der Waals surface area contributed by atoms with Crippen LogP contribution in [-0.2, 0) is 11.3 Å². The number of thioether (sulfide) groups is 1. The molecule has 1 fully saturated rings. The second-order valence-corrected chi connectivity index (χ2v) is 7.50. The number of carbonyl (C=O) groups is 2. The van der Waals surface area contributed by atoms with Crippen LogP contribution in [0.5, 0.6) is 0 Å². The van der Waals surface area contributed by atoms with E-state index in [0.717, 1.165) is 22.2 Å². The summed E-state index contributed by atoms with van der Waals surface area (Å²) in [5.74, 6) is 0.140. The third kappa shape index (κ3) is 3.74. The summed E-state index contributed by atoms with van der Waals surface area (Å²) >= 11 is 6.70. The molecule has 0 radical (unpaired) electrons. The SMILES string of the molecule is O=C1S/C(=C\c2ccc(-c3ccc(Cl)cc3)o2)C(=O)N1Cc1ccccc1F. The first-order valence-corrected chi connectivity index (χ1v) is 9.55. The van der Waals surface area contributed by atoms with Crippen LogP contribution in [0, 0.1) is 5.82 Å². The molecule has 1 aromatic heterocycles. The molecule has 0 aliphatic carbocycles. The molecule has 2 heterocycles. The fourth-order valence-electron chi connectivity index (χ4n) is 2.76. The third-order valence-corrected chi connectivity index (χ3v) is 5.35. The molecular formula is C21H13ClFNO3S. The molecule has 28 heavy (non-hydrogen) atoms. The lowest BCUT2D eigenvalue weighted by molar-refractivity contribution is -0.123. The Bertz CT molecular complexity index is 1090. The Kier molecular flexibility index (Phi) is 5.07. The molecule has 4 rings (SSSR count). The number of imide groups is 1. The lowest BCUT2D eigenvalue weighted by Crippen LogP contribution is -2.27. The quantitative estimate of drug-likeness (QED) is 0.494. The van der Waals surface area contributed by atoms with Gasteiger partial charge in [0.2, 0.25) is 0 Å². The number of halogens is 2. The smallest absolute Gasteiger partial charge is 0.293 e. The Morgan fingerprint density at radius 2 is 1.79 bits per heavy atom. The Labute approximate surface area is 169 Å². The second kappa shape index (κ2) is 7.66. The van der Waals surface area contributed by atoms with Crippen molar-refractivity contribution in [3.63, 3.8) is 0 Å². The summed E-state index contributed by atoms with van der Waals surface area (Å²) in [5.41, 5.74) is 1.13. The van der Waals surface area contributed by atoms with Crippen LogP contribution in [-0.4, -0.2) is 16.0 Å². The van der Waals surface area contributed by atoms with Crippen LogP contribution in [0.4, 0.5) is 9.18 Å². The zero-order chi connectivity index (χ0) is 19.7. The van der Waals surface area contributed by atoms with Crippen molar-refractivity contribution >= 4 is 40.6 Å². The number of carbonyl (C=O) groups excluding carboxylic acids is 2. The van der Waals surface area contributed by atoms with Crippen molar-refractivity contribution in [2.75, 3.05) is 0 Å². The molecular weight excluding hydrogens is 401 g/mol. The first kappa shape index (κ1) is 18.5. The summed E-state index contributed by atoms with van der Waals surface area (Å²) < 4.78 is 19.6. The summed E-state index contributed by atoms with van der Waals surface area (Å²) in [7, 11) is 0. The maximum absolute atomic E-state index is 13.8. The van der Waals surface area contributed by atoms with Crippen molar-refractivity contribution in [2.45, 2.75) is 6.54 Å². The Morgan fingerprint density at radius 1 is 1.04 bits per heavy atom. The van der Waals surface area contributed by atoms with Crippen LogP contribution in [0.25, 0.3) is 17.4 Å². The fraction of sp³-hybridized carbons (Fsp3) is 0.0476. The first-order chi connectivity index (χ1) is 13.5. The van der Waals surface area contributed by atoms with E-state index in [1.54, 1.807) is 42.5 Å². The van der Waals surface area contributed by atoms with E-state index in [-0.39, 0.29) is 17.0 Å². The van der Waals surface area contributed by atoms with Crippen LogP contribution >= 0.6 is 23.4 Å². The Morgan fingerprint density at radius 3 is 2.54 bits per heavy atom. The van der Waals surface area contributed by atoms with Gasteiger partial charge in [-0.3, -0.25) is 14.5 Å². The minimum atomic E-state index is -0.470. The molecule has 7 heteroatoms. The first-order valence-electron chi connectivity index (χ1n) is 8.36. The minimum Gasteiger partial charge on any atom is -0.457 e. The number of hydrogen-bond acceptors (Lipinski definition) is 4. The number of rotatable bonds is 4. The van der Waals surface area contributed by atoms with Gasteiger partial charge in [0.15, 0.2) is 0 Å². The number of nitrogens with zero attached hydrogens (tertiary/aromatic N) is 1. The zero-order valence-electron chi connectivity index (χ0n) is 14.4. The fourth-order valence-corrected chi connectivity index (χ4v) is 3.71. The molecule has 1 saturated heterocycles. The molecule has 0 atom stereocenters. The van der Waals surface area contributed by atoms with Gasteiger partial charge >= 0.3 is 0 Å². The predicted molar refractivity (Wildman–Crippen MR) is 107 cm³/mol. The molecule has 0 bridgehead atoms. The molecule has 140 valence electrons. The van der Waals surface area contributed by atoms with Crippen molar-refractivity contribution < 1.29 is 18.4 Å². The summed E-state index contributed by atoms with van der Waals surface area (Å²) in [5, 5.41) is 0.183. The molecule has 0 unspecified atom stereocenters. The second-order valence-electron chi connectivity index (χ2n) is 6.07. The van der Waals surface area contributed by atoms with E-state index in [0.29, 0.717) is 16.5 Å². The molecule has 2 amide bonds. The maximum atomic E-state index is 13.8. The highest BCUT2D eigenvalue weighted by Gasteiger charge is 2.35. The highest BCUT2D eigenvalue weighted by atomic mass is 35.5. The molecule has 2 aromatic carbocycles. The lowest BCUT2D eigenvalue weighted by atomic mass is 10.2. The average Bonchev–Trinajstić information content (AvgIpc) is 3.24. The van der Waals surface area contributed by atoms with Crippen LogP contribution in [0.3, 0.4) is 0 Å². The highest BCUT2D eigenvalue weighted by Crippen LogP contribution is 2.34. The number of amides is 2. The largest absolute Gasteiger partial charge is 0.457 e. The van der Waals surface area contributed by atoms with Gasteiger partial charge in [0.05, 0.1) is 11.4 Å². The molecule has 4 nitrogen and oxygen atoms in total. The van der Waals surface area contributed by atoms with Gasteiger partial charge in [-0.25, -0.2) is 4.39 Å². The van der Waals surface area contributed by atoms with Gasteiger partial charge in [-0.1, -0.05) is 29.8 Å². The van der Waals surface area contributed by atoms with Gasteiger partial charge in [0.1, 0.15) is 17.3 Å². The van der Waals surface area contributed by atoms with E-state index in [4.69, 9.17) is 16.0 Å². The van der Waals surface area contributed by atoms with Gasteiger partial charge in [0, 0.05) is 22.2 Å². The lowest BCUT2D eigenvalue weighted by Gasteiger charge is -2.12. The molecule has 3 aromatic rings. The van der Waals surface area contributed by atoms with E-state index in [1.165, 1.54) is 12.1 Å². The van der Waals surface area contributed by atoms with Crippen molar-refractivity contribution in [2.24, 2.45) is 0 Å². The van der Waals surface area contributed by atoms with Gasteiger partial charge in [-0.15, -0.1) is 0 Å². The minimum absolute atomic E-state index is 0.108. The monoisotopic (exact) mass is 413 g/mol. The molecule has 0 spiro atoms. The standard InChI is InChI=1S/C21H13ClFNO3S/c22-15-7-5-13(6-8-15)18-10-9-16(27-18)11-19-20(25)24(21(26)28-19)12-14-3-1-2-4-17(14)23/h1-11H,12H2/b19-11-. The van der Waals surface area contributed by atoms with Gasteiger partial charge in [-0.2, -0.15) is 0 Å². The molecule has 0 saturated carbocycles. The summed E-state index contributed by atoms with van der Waals surface area (Å²) in [6, 6.07) is 16.7. The molecule has 1 aliphatic rings. The van der Waals surface area contributed by atoms with Crippen molar-refractivity contribution in [1.29, 1.82) is 0 Å². The van der Waals surface area contributed by atoms with Crippen LogP contribution in [0.15, 0.2) is 70.0 Å². The predicted octanol–water partition coefficient (Wildman–Crippen LogP) is 5.98. The Balaban J connectivity index is 1.54. The number of benzene rings is 2. The summed E-state index contributed by atoms with van der Waals surface area (Å²) in [4.78, 5) is 26.1. The van der Waals surface area contributed by atoms with Crippen LogP contribution < -0.4 is 0 Å². The van der Waals surface area contributed by atoms with Crippen molar-refractivity contribution in [3.05, 3.63) is 87.7 Å². The van der Waals surface area contributed by atoms with E-state index in [9.17, 15) is 14.0 Å². The third-order valence-electron chi connectivity index (χ3n) is 4.19. The highest BCUT2D eigenvalue weighted by molar-refractivity contribution is 8.18. The normalized spacial score (nSPS) is 15.6. The number of hydrogen-bond donors (Lipinski definition) is 0. The van der Waals surface area contributed by atoms with E-state index in [2.05, 4.69) is 0 Å². The topological polar surface area (TPSA) is 50.5 Å². The summed E-state index contributed by atoms with van der Waals surface area (Å²) in [6.07, 6.45) is 1.52. The van der Waals surface area contributed by atoms with Crippen LogP contribution in [0.2, 0.25) is 5.02 Å². The van der Waals surface area contributed by atoms with Crippen molar-refractivity contribution in [3.8, 4) is 11.3 Å². The molecule has 1 aliphatic heterocycles. The zero-order valence-corrected chi connectivity index (χ0v) is 16.0. The average molecular weight is 414 g/mol. The van der Waals surface area contributed by atoms with Gasteiger partial charge in [-0.05, 0) is 54.2 Å². The van der Waals surface area contributed by atoms with E-state index in [1.807, 2.05) is 12.1 Å². The molecule has 0 N–H and O–H groups in total. The van der Waals surface area contributed by atoms with Crippen molar-refractivity contribution in [1.82, 2.24) is 4.90 Å². The maximum Gasteiger partial charge on any atom is 0.293 e. The number of furan rings is 1. The van der Waals surface area contributed by atoms with Gasteiger partial charge < -0.3 is 4.42 Å². The van der Waals surface area contributed by atoms with E-state index < -0.39 is 17.0 Å². The van der Waals surface area contributed by atoms with Gasteiger partial charge in [0.25, 0.3) is 11.1 Å².